The maximum absolute atomic E-state index is 11.7. The highest BCUT2D eigenvalue weighted by atomic mass is 79.9. The van der Waals surface area contributed by atoms with Crippen LogP contribution in [0.2, 0.25) is 0 Å². The van der Waals surface area contributed by atoms with Crippen molar-refractivity contribution in [2.45, 2.75) is 13.3 Å². The molecule has 0 spiro atoms. The molecule has 0 aliphatic rings. The summed E-state index contributed by atoms with van der Waals surface area (Å²) < 4.78 is 0.776. The summed E-state index contributed by atoms with van der Waals surface area (Å²) in [5.41, 5.74) is 4.30. The Morgan fingerprint density at radius 1 is 1.43 bits per heavy atom. The van der Waals surface area contributed by atoms with Crippen molar-refractivity contribution < 1.29 is 4.79 Å². The van der Waals surface area contributed by atoms with E-state index in [1.54, 1.807) is 6.21 Å². The summed E-state index contributed by atoms with van der Waals surface area (Å²) in [7, 11) is 0. The van der Waals surface area contributed by atoms with Crippen LogP contribution in [0.5, 0.6) is 0 Å². The lowest BCUT2D eigenvalue weighted by Crippen LogP contribution is -2.19. The molecule has 0 fully saturated rings. The van der Waals surface area contributed by atoms with Crippen molar-refractivity contribution in [1.29, 1.82) is 0 Å². The van der Waals surface area contributed by atoms with Gasteiger partial charge in [0.05, 0.1) is 23.3 Å². The molecule has 21 heavy (non-hydrogen) atoms. The number of carbonyl (C=O) groups excluding carboxylic acids is 1. The number of rotatable bonds is 5. The molecule has 108 valence electrons. The van der Waals surface area contributed by atoms with Crippen molar-refractivity contribution >= 4 is 45.5 Å². The summed E-state index contributed by atoms with van der Waals surface area (Å²) in [5.74, 6) is -0.184. The number of nitrogens with zero attached hydrogens (tertiary/aromatic N) is 2. The van der Waals surface area contributed by atoms with Gasteiger partial charge in [0.25, 0.3) is 0 Å². The molecule has 0 radical (unpaired) electrons. The Kier molecular flexibility index (Phi) is 5.83. The van der Waals surface area contributed by atoms with Crippen molar-refractivity contribution in [1.82, 2.24) is 10.4 Å². The molecule has 0 bridgehead atoms. The van der Waals surface area contributed by atoms with Crippen LogP contribution in [-0.2, 0) is 11.2 Å². The molecule has 0 unspecified atom stereocenters. The number of hydrogen-bond acceptors (Lipinski definition) is 4. The number of amides is 1. The minimum atomic E-state index is -0.184. The van der Waals surface area contributed by atoms with Gasteiger partial charge >= 0.3 is 0 Å². The number of carbonyl (C=O) groups is 1. The number of aromatic nitrogens is 1. The summed E-state index contributed by atoms with van der Waals surface area (Å²) in [5, 5.41) is 6.74. The molecule has 0 saturated heterocycles. The van der Waals surface area contributed by atoms with Crippen LogP contribution in [0, 0.1) is 6.92 Å². The van der Waals surface area contributed by atoms with Gasteiger partial charge in [0.15, 0.2) is 0 Å². The topological polar surface area (TPSA) is 54.4 Å². The third-order valence-corrected chi connectivity index (χ3v) is 3.75. The van der Waals surface area contributed by atoms with Crippen molar-refractivity contribution in [3.05, 3.63) is 56.5 Å². The second-order valence-electron chi connectivity index (χ2n) is 4.27. The van der Waals surface area contributed by atoms with Crippen LogP contribution in [0.4, 0.5) is 0 Å². The summed E-state index contributed by atoms with van der Waals surface area (Å²) in [6.45, 7) is 1.91. The summed E-state index contributed by atoms with van der Waals surface area (Å²) >= 11 is 4.91. The van der Waals surface area contributed by atoms with E-state index in [2.05, 4.69) is 31.4 Å². The Labute approximate surface area is 135 Å². The van der Waals surface area contributed by atoms with Crippen LogP contribution >= 0.6 is 27.3 Å². The SMILES string of the molecule is Cc1nc(CC(=O)N/N=C\C(Br)=C\c2ccccc2)cs1. The standard InChI is InChI=1S/C15H14BrN3OS/c1-11-18-14(10-21-11)8-15(20)19-17-9-13(16)7-12-5-3-2-4-6-12/h2-7,9-10H,8H2,1H3,(H,19,20)/b13-7-,17-9-. The van der Waals surface area contributed by atoms with Gasteiger partial charge in [-0.15, -0.1) is 11.3 Å². The van der Waals surface area contributed by atoms with E-state index in [0.717, 1.165) is 20.7 Å². The molecule has 1 heterocycles. The third kappa shape index (κ3) is 5.61. The van der Waals surface area contributed by atoms with Gasteiger partial charge in [0.1, 0.15) is 0 Å². The van der Waals surface area contributed by atoms with Crippen molar-refractivity contribution in [3.8, 4) is 0 Å². The van der Waals surface area contributed by atoms with Crippen molar-refractivity contribution in [2.24, 2.45) is 5.10 Å². The average Bonchev–Trinajstić information content (AvgIpc) is 2.85. The van der Waals surface area contributed by atoms with E-state index < -0.39 is 0 Å². The lowest BCUT2D eigenvalue weighted by molar-refractivity contribution is -0.120. The van der Waals surface area contributed by atoms with Gasteiger partial charge in [-0.1, -0.05) is 30.3 Å². The van der Waals surface area contributed by atoms with Gasteiger partial charge < -0.3 is 0 Å². The maximum Gasteiger partial charge on any atom is 0.246 e. The van der Waals surface area contributed by atoms with Gasteiger partial charge in [0.2, 0.25) is 5.91 Å². The number of halogens is 1. The molecule has 1 aromatic carbocycles. The fraction of sp³-hybridized carbons (Fsp3) is 0.133. The normalized spacial score (nSPS) is 11.8. The number of benzene rings is 1. The minimum Gasteiger partial charge on any atom is -0.273 e. The number of aryl methyl sites for hydroxylation is 1. The molecule has 1 aromatic heterocycles. The Morgan fingerprint density at radius 3 is 2.86 bits per heavy atom. The third-order valence-electron chi connectivity index (χ3n) is 2.49. The zero-order valence-corrected chi connectivity index (χ0v) is 13.8. The highest BCUT2D eigenvalue weighted by Gasteiger charge is 2.04. The van der Waals surface area contributed by atoms with Crippen molar-refractivity contribution in [3.63, 3.8) is 0 Å². The fourth-order valence-corrected chi connectivity index (χ4v) is 2.58. The highest BCUT2D eigenvalue weighted by Crippen LogP contribution is 2.10. The first-order chi connectivity index (χ1) is 10.1. The summed E-state index contributed by atoms with van der Waals surface area (Å²) in [6, 6.07) is 9.85. The molecule has 1 amide bonds. The van der Waals surface area contributed by atoms with E-state index in [-0.39, 0.29) is 12.3 Å². The predicted octanol–water partition coefficient (Wildman–Crippen LogP) is 3.53. The van der Waals surface area contributed by atoms with Gasteiger partial charge in [-0.2, -0.15) is 5.10 Å². The zero-order valence-electron chi connectivity index (χ0n) is 11.4. The predicted molar refractivity (Wildman–Crippen MR) is 90.5 cm³/mol. The molecule has 1 N–H and O–H groups in total. The van der Waals surface area contributed by atoms with E-state index >= 15 is 0 Å². The van der Waals surface area contributed by atoms with E-state index in [4.69, 9.17) is 0 Å². The summed E-state index contributed by atoms with van der Waals surface area (Å²) in [4.78, 5) is 15.9. The van der Waals surface area contributed by atoms with Crippen LogP contribution in [-0.4, -0.2) is 17.1 Å². The quantitative estimate of drug-likeness (QED) is 0.652. The number of nitrogens with one attached hydrogen (secondary N) is 1. The zero-order chi connectivity index (χ0) is 15.1. The largest absolute Gasteiger partial charge is 0.273 e. The van der Waals surface area contributed by atoms with E-state index in [1.807, 2.05) is 48.7 Å². The van der Waals surface area contributed by atoms with Crippen LogP contribution in [0.25, 0.3) is 6.08 Å². The molecule has 0 aliphatic carbocycles. The monoisotopic (exact) mass is 363 g/mol. The van der Waals surface area contributed by atoms with Crippen LogP contribution in [0.3, 0.4) is 0 Å². The molecular weight excluding hydrogens is 350 g/mol. The second-order valence-corrected chi connectivity index (χ2v) is 6.25. The molecule has 0 saturated carbocycles. The lowest BCUT2D eigenvalue weighted by atomic mass is 10.2. The Morgan fingerprint density at radius 2 is 2.19 bits per heavy atom. The highest BCUT2D eigenvalue weighted by molar-refractivity contribution is 9.12. The number of thiazole rings is 1. The van der Waals surface area contributed by atoms with Gasteiger partial charge in [0, 0.05) is 9.86 Å². The molecule has 0 aliphatic heterocycles. The molecule has 6 heteroatoms. The number of allylic oxidation sites excluding steroid dienone is 1. The van der Waals surface area contributed by atoms with Gasteiger partial charge in [-0.05, 0) is 34.5 Å². The minimum absolute atomic E-state index is 0.184. The van der Waals surface area contributed by atoms with Crippen LogP contribution in [0.1, 0.15) is 16.3 Å². The molecule has 0 atom stereocenters. The number of hydrogen-bond donors (Lipinski definition) is 1. The number of hydrazone groups is 1. The smallest absolute Gasteiger partial charge is 0.246 e. The Balaban J connectivity index is 1.84. The second kappa shape index (κ2) is 7.85. The van der Waals surface area contributed by atoms with E-state index in [1.165, 1.54) is 11.3 Å². The Hall–Kier alpha value is -1.79. The molecular formula is C15H14BrN3OS. The molecule has 2 aromatic rings. The van der Waals surface area contributed by atoms with E-state index in [9.17, 15) is 4.79 Å². The van der Waals surface area contributed by atoms with Crippen LogP contribution in [0.15, 0.2) is 45.3 Å². The lowest BCUT2D eigenvalue weighted by Gasteiger charge is -1.97. The van der Waals surface area contributed by atoms with Gasteiger partial charge in [-0.25, -0.2) is 10.4 Å². The average molecular weight is 364 g/mol. The van der Waals surface area contributed by atoms with Crippen LogP contribution < -0.4 is 5.43 Å². The van der Waals surface area contributed by atoms with E-state index in [0.29, 0.717) is 0 Å². The maximum atomic E-state index is 11.7. The molecule has 2 rings (SSSR count). The first kappa shape index (κ1) is 15.6. The fourth-order valence-electron chi connectivity index (χ4n) is 1.61. The van der Waals surface area contributed by atoms with Gasteiger partial charge in [-0.3, -0.25) is 4.79 Å². The summed E-state index contributed by atoms with van der Waals surface area (Å²) in [6.07, 6.45) is 3.71. The molecule has 4 nitrogen and oxygen atoms in total. The first-order valence-electron chi connectivity index (χ1n) is 6.28. The van der Waals surface area contributed by atoms with Crippen molar-refractivity contribution in [2.75, 3.05) is 0 Å². The first-order valence-corrected chi connectivity index (χ1v) is 7.96. The Bertz CT molecular complexity index is 665.